The zero-order valence-corrected chi connectivity index (χ0v) is 12.6. The predicted octanol–water partition coefficient (Wildman–Crippen LogP) is 3.62. The van der Waals surface area contributed by atoms with Gasteiger partial charge in [-0.1, -0.05) is 25.4 Å². The molecule has 3 atom stereocenters. The quantitative estimate of drug-likeness (QED) is 0.778. The van der Waals surface area contributed by atoms with Gasteiger partial charge in [0.2, 0.25) is 0 Å². The van der Waals surface area contributed by atoms with E-state index in [1.807, 2.05) is 6.92 Å². The Morgan fingerprint density at radius 3 is 2.44 bits per heavy atom. The minimum atomic E-state index is 0.509. The summed E-state index contributed by atoms with van der Waals surface area (Å²) in [5.74, 6) is 2.39. The van der Waals surface area contributed by atoms with E-state index in [4.69, 9.17) is 11.6 Å². The average molecular weight is 268 g/mol. The Kier molecular flexibility index (Phi) is 3.81. The molecule has 1 aliphatic heterocycles. The first-order valence-electron chi connectivity index (χ1n) is 6.67. The third kappa shape index (κ3) is 2.33. The number of halogens is 1. The Hall–Kier alpha value is -0.830. The molecule has 2 heterocycles. The smallest absolute Gasteiger partial charge is 0.155 e. The SMILES string of the molecule is Cc1c(Cl)nnc(N2CC(C)CC(C)C2C)c1C. The van der Waals surface area contributed by atoms with Gasteiger partial charge in [-0.2, -0.15) is 0 Å². The van der Waals surface area contributed by atoms with Crippen molar-refractivity contribution in [3.63, 3.8) is 0 Å². The van der Waals surface area contributed by atoms with Gasteiger partial charge in [-0.05, 0) is 50.2 Å². The number of aromatic nitrogens is 2. The van der Waals surface area contributed by atoms with Crippen molar-refractivity contribution in [3.8, 4) is 0 Å². The minimum Gasteiger partial charge on any atom is -0.352 e. The fraction of sp³-hybridized carbons (Fsp3) is 0.714. The molecule has 0 aliphatic carbocycles. The molecule has 1 aromatic heterocycles. The Bertz CT molecular complexity index is 447. The molecule has 2 rings (SSSR count). The fourth-order valence-electron chi connectivity index (χ4n) is 2.83. The van der Waals surface area contributed by atoms with Crippen LogP contribution < -0.4 is 4.90 Å². The summed E-state index contributed by atoms with van der Waals surface area (Å²) in [6, 6.07) is 0.509. The van der Waals surface area contributed by atoms with E-state index >= 15 is 0 Å². The van der Waals surface area contributed by atoms with Crippen LogP contribution in [0.1, 0.15) is 38.3 Å². The van der Waals surface area contributed by atoms with E-state index in [1.54, 1.807) is 0 Å². The molecular formula is C14H22ClN3. The molecule has 0 radical (unpaired) electrons. The predicted molar refractivity (Wildman–Crippen MR) is 76.3 cm³/mol. The normalized spacial score (nSPS) is 28.6. The van der Waals surface area contributed by atoms with Crippen molar-refractivity contribution >= 4 is 17.4 Å². The second-order valence-electron chi connectivity index (χ2n) is 5.78. The molecule has 0 amide bonds. The molecule has 3 unspecified atom stereocenters. The van der Waals surface area contributed by atoms with Crippen molar-refractivity contribution in [2.75, 3.05) is 11.4 Å². The molecule has 1 saturated heterocycles. The number of rotatable bonds is 1. The Balaban J connectivity index is 2.38. The number of anilines is 1. The van der Waals surface area contributed by atoms with Crippen molar-refractivity contribution in [2.45, 2.75) is 47.1 Å². The summed E-state index contributed by atoms with van der Waals surface area (Å²) >= 11 is 6.03. The van der Waals surface area contributed by atoms with E-state index in [9.17, 15) is 0 Å². The average Bonchev–Trinajstić information content (AvgIpc) is 2.31. The van der Waals surface area contributed by atoms with Gasteiger partial charge in [-0.25, -0.2) is 0 Å². The molecule has 1 aromatic rings. The summed E-state index contributed by atoms with van der Waals surface area (Å²) in [6.07, 6.45) is 1.29. The lowest BCUT2D eigenvalue weighted by molar-refractivity contribution is 0.294. The summed E-state index contributed by atoms with van der Waals surface area (Å²) in [4.78, 5) is 2.39. The molecule has 1 fully saturated rings. The largest absolute Gasteiger partial charge is 0.352 e. The first-order valence-corrected chi connectivity index (χ1v) is 7.05. The molecule has 100 valence electrons. The zero-order chi connectivity index (χ0) is 13.4. The van der Waals surface area contributed by atoms with Crippen LogP contribution >= 0.6 is 11.6 Å². The van der Waals surface area contributed by atoms with Crippen LogP contribution in [0.3, 0.4) is 0 Å². The van der Waals surface area contributed by atoms with Gasteiger partial charge in [0, 0.05) is 12.6 Å². The van der Waals surface area contributed by atoms with Gasteiger partial charge >= 0.3 is 0 Å². The first kappa shape index (κ1) is 13.6. The third-order valence-electron chi connectivity index (χ3n) is 4.31. The Morgan fingerprint density at radius 2 is 1.78 bits per heavy atom. The van der Waals surface area contributed by atoms with Crippen LogP contribution in [0.5, 0.6) is 0 Å². The van der Waals surface area contributed by atoms with E-state index in [2.05, 4.69) is 42.8 Å². The van der Waals surface area contributed by atoms with Crippen LogP contribution in [0.15, 0.2) is 0 Å². The lowest BCUT2D eigenvalue weighted by Crippen LogP contribution is -2.46. The maximum absolute atomic E-state index is 6.03. The summed E-state index contributed by atoms with van der Waals surface area (Å²) in [5, 5.41) is 8.91. The van der Waals surface area contributed by atoms with E-state index in [1.165, 1.54) is 6.42 Å². The molecule has 0 saturated carbocycles. The van der Waals surface area contributed by atoms with Crippen molar-refractivity contribution in [3.05, 3.63) is 16.3 Å². The van der Waals surface area contributed by atoms with Gasteiger partial charge in [0.15, 0.2) is 11.0 Å². The monoisotopic (exact) mass is 267 g/mol. The summed E-state index contributed by atoms with van der Waals surface area (Å²) in [5.41, 5.74) is 2.20. The topological polar surface area (TPSA) is 29.0 Å². The molecule has 0 N–H and O–H groups in total. The fourth-order valence-corrected chi connectivity index (χ4v) is 3.01. The van der Waals surface area contributed by atoms with Crippen LogP contribution in [0.4, 0.5) is 5.82 Å². The first-order chi connectivity index (χ1) is 8.41. The minimum absolute atomic E-state index is 0.509. The molecule has 0 aromatic carbocycles. The highest BCUT2D eigenvalue weighted by molar-refractivity contribution is 6.30. The van der Waals surface area contributed by atoms with E-state index in [0.29, 0.717) is 23.0 Å². The molecule has 3 nitrogen and oxygen atoms in total. The maximum Gasteiger partial charge on any atom is 0.155 e. The molecule has 4 heteroatoms. The van der Waals surface area contributed by atoms with Gasteiger partial charge in [-0.15, -0.1) is 10.2 Å². The summed E-state index contributed by atoms with van der Waals surface area (Å²) < 4.78 is 0. The van der Waals surface area contributed by atoms with E-state index in [-0.39, 0.29) is 0 Å². The van der Waals surface area contributed by atoms with E-state index in [0.717, 1.165) is 23.5 Å². The lowest BCUT2D eigenvalue weighted by Gasteiger charge is -2.42. The van der Waals surface area contributed by atoms with Gasteiger partial charge in [-0.3, -0.25) is 0 Å². The van der Waals surface area contributed by atoms with E-state index < -0.39 is 0 Å². The molecule has 0 bridgehead atoms. The molecular weight excluding hydrogens is 246 g/mol. The zero-order valence-electron chi connectivity index (χ0n) is 11.9. The van der Waals surface area contributed by atoms with Gasteiger partial charge in [0.05, 0.1) is 0 Å². The lowest BCUT2D eigenvalue weighted by atomic mass is 9.86. The summed E-state index contributed by atoms with van der Waals surface area (Å²) in [6.45, 7) is 12.1. The Labute approximate surface area is 115 Å². The highest BCUT2D eigenvalue weighted by Gasteiger charge is 2.31. The number of hydrogen-bond acceptors (Lipinski definition) is 3. The van der Waals surface area contributed by atoms with Crippen molar-refractivity contribution < 1.29 is 0 Å². The Morgan fingerprint density at radius 1 is 1.11 bits per heavy atom. The van der Waals surface area contributed by atoms with Gasteiger partial charge < -0.3 is 4.90 Å². The number of hydrogen-bond donors (Lipinski definition) is 0. The summed E-state index contributed by atoms with van der Waals surface area (Å²) in [7, 11) is 0. The maximum atomic E-state index is 6.03. The highest BCUT2D eigenvalue weighted by Crippen LogP contribution is 2.33. The number of nitrogens with zero attached hydrogens (tertiary/aromatic N) is 3. The second-order valence-corrected chi connectivity index (χ2v) is 6.13. The van der Waals surface area contributed by atoms with Crippen molar-refractivity contribution in [2.24, 2.45) is 11.8 Å². The number of piperidine rings is 1. The second kappa shape index (κ2) is 5.04. The molecule has 18 heavy (non-hydrogen) atoms. The van der Waals surface area contributed by atoms with Crippen LogP contribution in [0.25, 0.3) is 0 Å². The van der Waals surface area contributed by atoms with Gasteiger partial charge in [0.1, 0.15) is 0 Å². The molecule has 1 aliphatic rings. The standard InChI is InChI=1S/C14H22ClN3/c1-8-6-9(2)12(5)18(7-8)14-11(4)10(3)13(15)16-17-14/h8-9,12H,6-7H2,1-5H3. The third-order valence-corrected chi connectivity index (χ3v) is 4.67. The van der Waals surface area contributed by atoms with Crippen LogP contribution in [0.2, 0.25) is 5.15 Å². The van der Waals surface area contributed by atoms with Crippen LogP contribution in [-0.2, 0) is 0 Å². The van der Waals surface area contributed by atoms with Gasteiger partial charge in [0.25, 0.3) is 0 Å². The molecule has 0 spiro atoms. The van der Waals surface area contributed by atoms with Crippen LogP contribution in [-0.4, -0.2) is 22.8 Å². The highest BCUT2D eigenvalue weighted by atomic mass is 35.5. The van der Waals surface area contributed by atoms with Crippen molar-refractivity contribution in [1.82, 2.24) is 10.2 Å². The van der Waals surface area contributed by atoms with Crippen molar-refractivity contribution in [1.29, 1.82) is 0 Å². The van der Waals surface area contributed by atoms with Crippen LogP contribution in [0, 0.1) is 25.7 Å².